The number of hydrogen-bond acceptors (Lipinski definition) is 2. The molecule has 3 fully saturated rings. The van der Waals surface area contributed by atoms with Crippen LogP contribution in [0.15, 0.2) is 11.0 Å². The largest absolute Gasteiger partial charge is 0.353 e. The summed E-state index contributed by atoms with van der Waals surface area (Å²) in [5.41, 5.74) is 0.417. The highest BCUT2D eigenvalue weighted by molar-refractivity contribution is 7.56. The van der Waals surface area contributed by atoms with Crippen LogP contribution in [0.3, 0.4) is 0 Å². The maximum absolute atomic E-state index is 12.7. The molecular formula is C24H40NO4P. The molecule has 30 heavy (non-hydrogen) atoms. The molecule has 0 radical (unpaired) electrons. The Morgan fingerprint density at radius 1 is 1.07 bits per heavy atom. The summed E-state index contributed by atoms with van der Waals surface area (Å²) >= 11 is 0. The third-order valence-corrected chi connectivity index (χ3v) is 10.6. The molecule has 4 aliphatic rings. The minimum atomic E-state index is -4.40. The summed E-state index contributed by atoms with van der Waals surface area (Å²) in [6.07, 6.45) is 9.80. The van der Waals surface area contributed by atoms with E-state index in [9.17, 15) is 19.1 Å². The molecule has 4 aliphatic carbocycles. The van der Waals surface area contributed by atoms with Crippen LogP contribution in [-0.4, -0.2) is 15.7 Å². The molecule has 0 bridgehead atoms. The van der Waals surface area contributed by atoms with Gasteiger partial charge in [0.25, 0.3) is 0 Å². The molecule has 5 nitrogen and oxygen atoms in total. The highest BCUT2D eigenvalue weighted by Gasteiger charge is 2.58. The Kier molecular flexibility index (Phi) is 5.40. The second kappa shape index (κ2) is 7.18. The number of carbonyl (C=O) groups is 1. The van der Waals surface area contributed by atoms with Crippen LogP contribution in [0.1, 0.15) is 92.4 Å². The molecule has 6 atom stereocenters. The number of nitrogens with one attached hydrogen (secondary N) is 1. The van der Waals surface area contributed by atoms with Crippen molar-refractivity contribution in [1.82, 2.24) is 5.32 Å². The van der Waals surface area contributed by atoms with Crippen molar-refractivity contribution in [2.75, 3.05) is 0 Å². The Hall–Kier alpha value is -0.640. The van der Waals surface area contributed by atoms with Gasteiger partial charge in [0, 0.05) is 11.1 Å². The first-order valence-electron chi connectivity index (χ1n) is 11.9. The van der Waals surface area contributed by atoms with Gasteiger partial charge in [0.2, 0.25) is 5.91 Å². The minimum absolute atomic E-state index is 0.00596. The van der Waals surface area contributed by atoms with E-state index in [0.717, 1.165) is 18.3 Å². The molecule has 0 aromatic rings. The van der Waals surface area contributed by atoms with Crippen molar-refractivity contribution >= 4 is 13.5 Å². The van der Waals surface area contributed by atoms with E-state index >= 15 is 0 Å². The summed E-state index contributed by atoms with van der Waals surface area (Å²) in [5, 5.41) is 3.15. The van der Waals surface area contributed by atoms with E-state index in [1.807, 2.05) is 20.8 Å². The number of rotatable bonds is 2. The molecule has 4 rings (SSSR count). The smallest absolute Gasteiger partial charge is 0.329 e. The van der Waals surface area contributed by atoms with Crippen molar-refractivity contribution in [3.05, 3.63) is 11.0 Å². The Morgan fingerprint density at radius 2 is 1.77 bits per heavy atom. The lowest BCUT2D eigenvalue weighted by Crippen LogP contribution is -2.53. The quantitative estimate of drug-likeness (QED) is 0.492. The van der Waals surface area contributed by atoms with Gasteiger partial charge in [0.15, 0.2) is 0 Å². The molecule has 0 spiro atoms. The highest BCUT2D eigenvalue weighted by Crippen LogP contribution is 2.68. The normalized spacial score (nSPS) is 41.7. The topological polar surface area (TPSA) is 86.6 Å². The van der Waals surface area contributed by atoms with E-state index in [2.05, 4.69) is 19.2 Å². The van der Waals surface area contributed by atoms with Gasteiger partial charge in [0.05, 0.1) is 5.31 Å². The van der Waals surface area contributed by atoms with Crippen LogP contribution < -0.4 is 5.32 Å². The first-order chi connectivity index (χ1) is 13.8. The zero-order valence-corrected chi connectivity index (χ0v) is 20.2. The van der Waals surface area contributed by atoms with Crippen LogP contribution in [0.2, 0.25) is 0 Å². The first kappa shape index (κ1) is 22.6. The second-order valence-electron chi connectivity index (χ2n) is 12.3. The summed E-state index contributed by atoms with van der Waals surface area (Å²) in [5.74, 6) is 2.25. The predicted molar refractivity (Wildman–Crippen MR) is 118 cm³/mol. The minimum Gasteiger partial charge on any atom is -0.329 e. The van der Waals surface area contributed by atoms with E-state index in [-0.39, 0.29) is 16.6 Å². The molecule has 3 unspecified atom stereocenters. The molecule has 0 aliphatic heterocycles. The molecule has 0 saturated heterocycles. The predicted octanol–water partition coefficient (Wildman–Crippen LogP) is 5.58. The van der Waals surface area contributed by atoms with Gasteiger partial charge in [-0.05, 0) is 85.9 Å². The Balaban J connectivity index is 1.68. The van der Waals surface area contributed by atoms with Gasteiger partial charge in [-0.1, -0.05) is 41.0 Å². The van der Waals surface area contributed by atoms with Crippen molar-refractivity contribution in [3.8, 4) is 0 Å². The third-order valence-electron chi connectivity index (χ3n) is 9.49. The molecular weight excluding hydrogens is 397 g/mol. The van der Waals surface area contributed by atoms with Gasteiger partial charge in [-0.25, -0.2) is 0 Å². The van der Waals surface area contributed by atoms with Crippen LogP contribution in [0.5, 0.6) is 0 Å². The van der Waals surface area contributed by atoms with Gasteiger partial charge < -0.3 is 15.1 Å². The Morgan fingerprint density at radius 3 is 2.40 bits per heavy atom. The Bertz CT molecular complexity index is 809. The Labute approximate surface area is 181 Å². The van der Waals surface area contributed by atoms with Crippen molar-refractivity contribution in [1.29, 1.82) is 0 Å². The fraction of sp³-hybridized carbons (Fsp3) is 0.875. The monoisotopic (exact) mass is 437 g/mol. The van der Waals surface area contributed by atoms with Crippen LogP contribution in [0.25, 0.3) is 0 Å². The van der Waals surface area contributed by atoms with Crippen molar-refractivity contribution in [2.24, 2.45) is 39.9 Å². The average molecular weight is 438 g/mol. The van der Waals surface area contributed by atoms with E-state index in [0.29, 0.717) is 35.8 Å². The van der Waals surface area contributed by atoms with Crippen LogP contribution >= 0.6 is 7.60 Å². The molecule has 0 heterocycles. The molecule has 0 aromatic carbocycles. The molecule has 170 valence electrons. The van der Waals surface area contributed by atoms with Gasteiger partial charge in [-0.3, -0.25) is 9.36 Å². The lowest BCUT2D eigenvalue weighted by Gasteiger charge is -2.60. The molecule has 0 aromatic heterocycles. The zero-order chi connectivity index (χ0) is 22.1. The molecule has 1 amide bonds. The summed E-state index contributed by atoms with van der Waals surface area (Å²) in [6.45, 7) is 10.4. The lowest BCUT2D eigenvalue weighted by atomic mass is 9.46. The summed E-state index contributed by atoms with van der Waals surface area (Å²) in [4.78, 5) is 32.9. The highest BCUT2D eigenvalue weighted by atomic mass is 31.2. The summed E-state index contributed by atoms with van der Waals surface area (Å²) < 4.78 is 12.4. The fourth-order valence-corrected chi connectivity index (χ4v) is 8.66. The number of hydrogen-bond donors (Lipinski definition) is 3. The SMILES string of the molecule is CC(C)(C)C(=O)NC1=C(P(=O)(O)O)C[C@@H]2CCC3C4CCC[C@@]4(C)CCC3[C@@]2(C)C1. The van der Waals surface area contributed by atoms with Crippen molar-refractivity contribution < 1.29 is 19.1 Å². The maximum atomic E-state index is 12.7. The lowest BCUT2D eigenvalue weighted by molar-refractivity contribution is -0.128. The number of allylic oxidation sites excluding steroid dienone is 2. The van der Waals surface area contributed by atoms with Crippen LogP contribution in [0, 0.1) is 39.9 Å². The van der Waals surface area contributed by atoms with Crippen LogP contribution in [0.4, 0.5) is 0 Å². The second-order valence-corrected chi connectivity index (χ2v) is 13.9. The van der Waals surface area contributed by atoms with Gasteiger partial charge in [-0.15, -0.1) is 0 Å². The fourth-order valence-electron chi connectivity index (χ4n) is 7.71. The van der Waals surface area contributed by atoms with E-state index in [4.69, 9.17) is 0 Å². The van der Waals surface area contributed by atoms with E-state index in [1.165, 1.54) is 38.5 Å². The zero-order valence-electron chi connectivity index (χ0n) is 19.3. The standard InChI is InChI=1S/C24H40NO4P/c1-22(2,3)21(26)25-19-14-24(5)15(13-20(19)30(27,28)29)8-9-16-17-7-6-11-23(17,4)12-10-18(16)24/h15-18H,6-14H2,1-5H3,(H,25,26)(H2,27,28,29)/t15-,16?,17?,18?,23-,24-/m0/s1. The average Bonchev–Trinajstić information content (AvgIpc) is 3.00. The molecule has 6 heteroatoms. The molecule has 3 N–H and O–H groups in total. The summed E-state index contributed by atoms with van der Waals surface area (Å²) in [6, 6.07) is 0. The van der Waals surface area contributed by atoms with E-state index < -0.39 is 13.0 Å². The maximum Gasteiger partial charge on any atom is 0.353 e. The van der Waals surface area contributed by atoms with Gasteiger partial charge >= 0.3 is 7.60 Å². The van der Waals surface area contributed by atoms with Crippen LogP contribution in [-0.2, 0) is 9.36 Å². The van der Waals surface area contributed by atoms with Gasteiger partial charge in [-0.2, -0.15) is 0 Å². The van der Waals surface area contributed by atoms with Gasteiger partial charge in [0.1, 0.15) is 0 Å². The first-order valence-corrected chi connectivity index (χ1v) is 13.5. The molecule has 3 saturated carbocycles. The number of fused-ring (bicyclic) bond motifs is 5. The number of carbonyl (C=O) groups excluding carboxylic acids is 1. The van der Waals surface area contributed by atoms with Crippen molar-refractivity contribution in [2.45, 2.75) is 92.4 Å². The summed E-state index contributed by atoms with van der Waals surface area (Å²) in [7, 11) is -4.40. The third kappa shape index (κ3) is 3.63. The van der Waals surface area contributed by atoms with Crippen molar-refractivity contribution in [3.63, 3.8) is 0 Å². The van der Waals surface area contributed by atoms with E-state index in [1.54, 1.807) is 0 Å². The number of amides is 1.